The number of rotatable bonds is 6. The molecule has 0 unspecified atom stereocenters. The smallest absolute Gasteiger partial charge is 0.324 e. The molecule has 9 nitrogen and oxygen atoms in total. The molecule has 0 radical (unpaired) electrons. The Kier molecular flexibility index (Phi) is 6.48. The first-order valence-electron chi connectivity index (χ1n) is 10.7. The van der Waals surface area contributed by atoms with Gasteiger partial charge in [0.15, 0.2) is 5.82 Å². The first kappa shape index (κ1) is 22.2. The van der Waals surface area contributed by atoms with Crippen LogP contribution in [0.5, 0.6) is 5.75 Å². The minimum Gasteiger partial charge on any atom is -0.493 e. The number of amides is 3. The van der Waals surface area contributed by atoms with Crippen molar-refractivity contribution in [3.05, 3.63) is 60.2 Å². The predicted octanol–water partition coefficient (Wildman–Crippen LogP) is 3.66. The maximum absolute atomic E-state index is 12.3. The van der Waals surface area contributed by atoms with E-state index in [0.717, 1.165) is 29.1 Å². The first-order chi connectivity index (χ1) is 15.9. The number of aromatic nitrogens is 3. The minimum absolute atomic E-state index is 0.159. The number of carbonyl (C=O) groups excluding carboxylic acids is 2. The van der Waals surface area contributed by atoms with Crippen LogP contribution in [0.25, 0.3) is 11.3 Å². The van der Waals surface area contributed by atoms with E-state index in [9.17, 15) is 9.59 Å². The van der Waals surface area contributed by atoms with Gasteiger partial charge in [0.1, 0.15) is 5.75 Å². The zero-order valence-electron chi connectivity index (χ0n) is 18.8. The number of ether oxygens (including phenoxy) is 1. The van der Waals surface area contributed by atoms with Crippen molar-refractivity contribution in [3.63, 3.8) is 0 Å². The SMILES string of the molecule is Cc1ccc(NC(=O)Nc2cncc(-c3ccc(OC[C@H]4CC(=O)N(C)C4)c(C)c3)n2)cn1. The van der Waals surface area contributed by atoms with Crippen LogP contribution in [0.1, 0.15) is 17.7 Å². The van der Waals surface area contributed by atoms with Crippen LogP contribution in [0.15, 0.2) is 48.9 Å². The minimum atomic E-state index is -0.428. The summed E-state index contributed by atoms with van der Waals surface area (Å²) in [6.45, 7) is 5.06. The van der Waals surface area contributed by atoms with Gasteiger partial charge in [0.05, 0.1) is 36.6 Å². The molecule has 3 heterocycles. The molecule has 9 heteroatoms. The fourth-order valence-electron chi connectivity index (χ4n) is 3.63. The Morgan fingerprint density at radius 2 is 2.00 bits per heavy atom. The fourth-order valence-corrected chi connectivity index (χ4v) is 3.63. The van der Waals surface area contributed by atoms with Crippen molar-refractivity contribution < 1.29 is 14.3 Å². The van der Waals surface area contributed by atoms with E-state index < -0.39 is 6.03 Å². The molecule has 33 heavy (non-hydrogen) atoms. The highest BCUT2D eigenvalue weighted by atomic mass is 16.5. The summed E-state index contributed by atoms with van der Waals surface area (Å²) < 4.78 is 5.96. The Morgan fingerprint density at radius 1 is 1.15 bits per heavy atom. The van der Waals surface area contributed by atoms with Crippen molar-refractivity contribution in [1.29, 1.82) is 0 Å². The van der Waals surface area contributed by atoms with Gasteiger partial charge in [-0.05, 0) is 49.7 Å². The summed E-state index contributed by atoms with van der Waals surface area (Å²) in [5, 5.41) is 5.41. The molecule has 0 bridgehead atoms. The average Bonchev–Trinajstić information content (AvgIpc) is 3.11. The molecule has 1 atom stereocenters. The molecule has 1 aliphatic heterocycles. The number of aryl methyl sites for hydroxylation is 2. The van der Waals surface area contributed by atoms with Crippen LogP contribution in [-0.4, -0.2) is 52.0 Å². The van der Waals surface area contributed by atoms with Gasteiger partial charge in [-0.2, -0.15) is 0 Å². The third-order valence-corrected chi connectivity index (χ3v) is 5.41. The highest BCUT2D eigenvalue weighted by molar-refractivity contribution is 5.99. The Balaban J connectivity index is 1.39. The number of hydrogen-bond donors (Lipinski definition) is 2. The molecule has 0 spiro atoms. The molecule has 1 fully saturated rings. The molecule has 1 saturated heterocycles. The maximum atomic E-state index is 12.3. The molecular formula is C24H26N6O3. The second-order valence-corrected chi connectivity index (χ2v) is 8.19. The Hall–Kier alpha value is -4.01. The summed E-state index contributed by atoms with van der Waals surface area (Å²) in [6, 6.07) is 8.93. The van der Waals surface area contributed by atoms with E-state index in [4.69, 9.17) is 4.74 Å². The van der Waals surface area contributed by atoms with Crippen molar-refractivity contribution in [3.8, 4) is 17.0 Å². The fraction of sp³-hybridized carbons (Fsp3) is 0.292. The Bertz CT molecular complexity index is 1170. The molecule has 0 saturated carbocycles. The molecule has 170 valence electrons. The number of benzene rings is 1. The zero-order chi connectivity index (χ0) is 23.4. The maximum Gasteiger partial charge on any atom is 0.324 e. The highest BCUT2D eigenvalue weighted by Gasteiger charge is 2.27. The van der Waals surface area contributed by atoms with Gasteiger partial charge in [-0.1, -0.05) is 0 Å². The number of anilines is 2. The van der Waals surface area contributed by atoms with Crippen molar-refractivity contribution in [1.82, 2.24) is 19.9 Å². The largest absolute Gasteiger partial charge is 0.493 e. The van der Waals surface area contributed by atoms with Crippen LogP contribution < -0.4 is 15.4 Å². The van der Waals surface area contributed by atoms with E-state index >= 15 is 0 Å². The number of likely N-dealkylation sites (tertiary alicyclic amines) is 1. The van der Waals surface area contributed by atoms with Gasteiger partial charge in [0.25, 0.3) is 0 Å². The second kappa shape index (κ2) is 9.64. The topological polar surface area (TPSA) is 109 Å². The van der Waals surface area contributed by atoms with Crippen LogP contribution in [0.2, 0.25) is 0 Å². The van der Waals surface area contributed by atoms with Gasteiger partial charge < -0.3 is 15.0 Å². The Labute approximate surface area is 192 Å². The standard InChI is InChI=1S/C24H26N6O3/c1-15-8-18(5-7-21(15)33-14-17-9-23(31)30(3)13-17)20-11-25-12-22(28-20)29-24(32)27-19-6-4-16(2)26-10-19/h4-8,10-12,17H,9,13-14H2,1-3H3,(H2,27,28,29,32)/t17-/m0/s1. The zero-order valence-corrected chi connectivity index (χ0v) is 18.8. The lowest BCUT2D eigenvalue weighted by molar-refractivity contribution is -0.126. The predicted molar refractivity (Wildman–Crippen MR) is 125 cm³/mol. The molecular weight excluding hydrogens is 420 g/mol. The number of nitrogens with zero attached hydrogens (tertiary/aromatic N) is 4. The monoisotopic (exact) mass is 446 g/mol. The molecule has 1 aromatic carbocycles. The summed E-state index contributed by atoms with van der Waals surface area (Å²) in [7, 11) is 1.82. The third kappa shape index (κ3) is 5.62. The van der Waals surface area contributed by atoms with E-state index in [1.54, 1.807) is 23.4 Å². The molecule has 3 amide bonds. The normalized spacial score (nSPS) is 15.4. The van der Waals surface area contributed by atoms with Crippen molar-refractivity contribution in [2.75, 3.05) is 30.8 Å². The number of nitrogens with one attached hydrogen (secondary N) is 2. The third-order valence-electron chi connectivity index (χ3n) is 5.41. The number of urea groups is 1. The number of hydrogen-bond acceptors (Lipinski definition) is 6. The molecule has 1 aliphatic rings. The van der Waals surface area contributed by atoms with E-state index in [1.807, 2.05) is 45.2 Å². The van der Waals surface area contributed by atoms with Gasteiger partial charge in [-0.3, -0.25) is 20.1 Å². The van der Waals surface area contributed by atoms with Gasteiger partial charge in [-0.25, -0.2) is 9.78 Å². The van der Waals surface area contributed by atoms with Gasteiger partial charge in [0, 0.05) is 37.2 Å². The van der Waals surface area contributed by atoms with Crippen LogP contribution in [0.4, 0.5) is 16.3 Å². The quantitative estimate of drug-likeness (QED) is 0.598. The molecule has 4 rings (SSSR count). The molecule has 0 aliphatic carbocycles. The second-order valence-electron chi connectivity index (χ2n) is 8.19. The van der Waals surface area contributed by atoms with Crippen molar-refractivity contribution in [2.24, 2.45) is 5.92 Å². The summed E-state index contributed by atoms with van der Waals surface area (Å²) in [4.78, 5) is 38.6. The van der Waals surface area contributed by atoms with Crippen LogP contribution in [0, 0.1) is 19.8 Å². The average molecular weight is 447 g/mol. The lowest BCUT2D eigenvalue weighted by atomic mass is 10.1. The van der Waals surface area contributed by atoms with Crippen LogP contribution >= 0.6 is 0 Å². The number of pyridine rings is 1. The van der Waals surface area contributed by atoms with E-state index in [1.165, 1.54) is 6.20 Å². The molecule has 3 aromatic rings. The molecule has 2 aromatic heterocycles. The highest BCUT2D eigenvalue weighted by Crippen LogP contribution is 2.27. The van der Waals surface area contributed by atoms with Gasteiger partial charge >= 0.3 is 6.03 Å². The lowest BCUT2D eigenvalue weighted by Gasteiger charge is -2.14. The van der Waals surface area contributed by atoms with E-state index in [2.05, 4.69) is 25.6 Å². The first-order valence-corrected chi connectivity index (χ1v) is 10.7. The Morgan fingerprint density at radius 3 is 2.70 bits per heavy atom. The molecule has 2 N–H and O–H groups in total. The number of carbonyl (C=O) groups is 2. The summed E-state index contributed by atoms with van der Waals surface area (Å²) in [6.07, 6.45) is 5.24. The van der Waals surface area contributed by atoms with E-state index in [-0.39, 0.29) is 11.8 Å². The van der Waals surface area contributed by atoms with E-state index in [0.29, 0.717) is 30.2 Å². The van der Waals surface area contributed by atoms with Gasteiger partial charge in [0.2, 0.25) is 5.91 Å². The summed E-state index contributed by atoms with van der Waals surface area (Å²) >= 11 is 0. The summed E-state index contributed by atoms with van der Waals surface area (Å²) in [5.74, 6) is 1.47. The lowest BCUT2D eigenvalue weighted by Crippen LogP contribution is -2.20. The summed E-state index contributed by atoms with van der Waals surface area (Å²) in [5.41, 5.74) is 3.89. The van der Waals surface area contributed by atoms with Crippen LogP contribution in [-0.2, 0) is 4.79 Å². The van der Waals surface area contributed by atoms with Crippen molar-refractivity contribution >= 4 is 23.4 Å². The van der Waals surface area contributed by atoms with Gasteiger partial charge in [-0.15, -0.1) is 0 Å². The van der Waals surface area contributed by atoms with Crippen molar-refractivity contribution in [2.45, 2.75) is 20.3 Å². The van der Waals surface area contributed by atoms with Crippen LogP contribution in [0.3, 0.4) is 0 Å².